The van der Waals surface area contributed by atoms with E-state index in [1.807, 2.05) is 60.8 Å². The fourth-order valence-corrected chi connectivity index (χ4v) is 3.50. The minimum absolute atomic E-state index is 0.336. The summed E-state index contributed by atoms with van der Waals surface area (Å²) in [5, 5.41) is 1.72. The minimum Gasteiger partial charge on any atom is -0.465 e. The van der Waals surface area contributed by atoms with Crippen molar-refractivity contribution < 1.29 is 9.53 Å². The van der Waals surface area contributed by atoms with E-state index in [0.29, 0.717) is 17.1 Å². The summed E-state index contributed by atoms with van der Waals surface area (Å²) in [7, 11) is 1.39. The van der Waals surface area contributed by atoms with Gasteiger partial charge >= 0.3 is 5.97 Å². The van der Waals surface area contributed by atoms with Crippen LogP contribution in [0.1, 0.15) is 21.5 Å². The van der Waals surface area contributed by atoms with E-state index in [1.54, 1.807) is 6.07 Å². The van der Waals surface area contributed by atoms with Gasteiger partial charge < -0.3 is 9.30 Å². The highest BCUT2D eigenvalue weighted by Gasteiger charge is 2.10. The number of carbonyl (C=O) groups is 1. The van der Waals surface area contributed by atoms with Crippen LogP contribution >= 0.6 is 11.6 Å². The number of esters is 1. The van der Waals surface area contributed by atoms with Crippen molar-refractivity contribution in [1.82, 2.24) is 4.57 Å². The van der Waals surface area contributed by atoms with Crippen LogP contribution in [0.3, 0.4) is 0 Å². The molecule has 0 aliphatic heterocycles. The molecule has 144 valence electrons. The molecule has 0 spiro atoms. The molecule has 0 saturated carbocycles. The maximum absolute atomic E-state index is 11.8. The lowest BCUT2D eigenvalue weighted by Crippen LogP contribution is -2.03. The molecule has 4 rings (SSSR count). The van der Waals surface area contributed by atoms with Gasteiger partial charge in [-0.3, -0.25) is 4.99 Å². The summed E-state index contributed by atoms with van der Waals surface area (Å²) in [6, 6.07) is 23.2. The Morgan fingerprint density at radius 2 is 1.86 bits per heavy atom. The zero-order valence-electron chi connectivity index (χ0n) is 15.9. The van der Waals surface area contributed by atoms with Gasteiger partial charge in [0.1, 0.15) is 0 Å². The van der Waals surface area contributed by atoms with Crippen LogP contribution in [0.25, 0.3) is 10.9 Å². The minimum atomic E-state index is -0.336. The fraction of sp³-hybridized carbons (Fsp3) is 0.0833. The van der Waals surface area contributed by atoms with Gasteiger partial charge in [0.05, 0.1) is 23.4 Å². The third kappa shape index (κ3) is 4.08. The number of para-hydroxylation sites is 2. The third-order valence-electron chi connectivity index (χ3n) is 4.72. The van der Waals surface area contributed by atoms with Gasteiger partial charge in [0, 0.05) is 35.4 Å². The Labute approximate surface area is 174 Å². The average molecular weight is 403 g/mol. The highest BCUT2D eigenvalue weighted by atomic mass is 35.5. The first kappa shape index (κ1) is 19.0. The molecule has 4 nitrogen and oxygen atoms in total. The Morgan fingerprint density at radius 1 is 1.07 bits per heavy atom. The van der Waals surface area contributed by atoms with Gasteiger partial charge in [-0.2, -0.15) is 0 Å². The SMILES string of the molecule is COC(=O)c1cccc(Cn2cc(C=Nc3ccccc3Cl)c3ccccc32)c1. The van der Waals surface area contributed by atoms with Crippen molar-refractivity contribution in [2.75, 3.05) is 7.11 Å². The standard InChI is InChI=1S/C24H19ClN2O2/c1-29-24(28)18-8-6-7-17(13-18)15-27-16-19(20-9-2-5-12-23(20)27)14-26-22-11-4-3-10-21(22)25/h2-14,16H,15H2,1H3. The summed E-state index contributed by atoms with van der Waals surface area (Å²) in [5.74, 6) is -0.336. The molecule has 0 N–H and O–H groups in total. The molecule has 4 aromatic rings. The fourth-order valence-electron chi connectivity index (χ4n) is 3.32. The summed E-state index contributed by atoms with van der Waals surface area (Å²) in [6.45, 7) is 0.630. The van der Waals surface area contributed by atoms with E-state index in [2.05, 4.69) is 27.9 Å². The summed E-state index contributed by atoms with van der Waals surface area (Å²) in [6.07, 6.45) is 3.90. The number of ether oxygens (including phenoxy) is 1. The van der Waals surface area contributed by atoms with Gasteiger partial charge in [-0.1, -0.05) is 54.1 Å². The molecule has 0 radical (unpaired) electrons. The summed E-state index contributed by atoms with van der Waals surface area (Å²) in [4.78, 5) is 16.4. The average Bonchev–Trinajstić information content (AvgIpc) is 3.10. The van der Waals surface area contributed by atoms with Crippen LogP contribution < -0.4 is 0 Å². The molecule has 0 unspecified atom stereocenters. The van der Waals surface area contributed by atoms with Crippen molar-refractivity contribution >= 4 is 40.4 Å². The first-order valence-electron chi connectivity index (χ1n) is 9.19. The Bertz CT molecular complexity index is 1210. The molecule has 3 aromatic carbocycles. The lowest BCUT2D eigenvalue weighted by Gasteiger charge is -2.07. The summed E-state index contributed by atoms with van der Waals surface area (Å²) >= 11 is 6.22. The molecular formula is C24H19ClN2O2. The van der Waals surface area contributed by atoms with Crippen LogP contribution in [0.2, 0.25) is 5.02 Å². The highest BCUT2D eigenvalue weighted by Crippen LogP contribution is 2.26. The van der Waals surface area contributed by atoms with E-state index in [-0.39, 0.29) is 5.97 Å². The number of benzene rings is 3. The maximum atomic E-state index is 11.8. The van der Waals surface area contributed by atoms with E-state index < -0.39 is 0 Å². The first-order chi connectivity index (χ1) is 14.2. The number of aliphatic imine (C=N–C) groups is 1. The number of halogens is 1. The molecule has 1 heterocycles. The highest BCUT2D eigenvalue weighted by molar-refractivity contribution is 6.33. The first-order valence-corrected chi connectivity index (χ1v) is 9.57. The second kappa shape index (κ2) is 8.33. The topological polar surface area (TPSA) is 43.6 Å². The molecule has 5 heteroatoms. The molecule has 0 amide bonds. The Kier molecular flexibility index (Phi) is 5.45. The number of carbonyl (C=O) groups excluding carboxylic acids is 1. The molecular weight excluding hydrogens is 384 g/mol. The van der Waals surface area contributed by atoms with Crippen molar-refractivity contribution in [3.8, 4) is 0 Å². The van der Waals surface area contributed by atoms with Gasteiger partial charge in [-0.25, -0.2) is 4.79 Å². The van der Waals surface area contributed by atoms with Crippen molar-refractivity contribution in [2.24, 2.45) is 4.99 Å². The van der Waals surface area contributed by atoms with Crippen molar-refractivity contribution in [3.63, 3.8) is 0 Å². The molecule has 0 atom stereocenters. The van der Waals surface area contributed by atoms with Crippen molar-refractivity contribution in [1.29, 1.82) is 0 Å². The number of aromatic nitrogens is 1. The van der Waals surface area contributed by atoms with E-state index in [0.717, 1.165) is 27.7 Å². The Morgan fingerprint density at radius 3 is 2.69 bits per heavy atom. The number of rotatable bonds is 5. The van der Waals surface area contributed by atoms with E-state index in [9.17, 15) is 4.79 Å². The van der Waals surface area contributed by atoms with Crippen LogP contribution in [0.5, 0.6) is 0 Å². The van der Waals surface area contributed by atoms with Gasteiger partial charge in [-0.15, -0.1) is 0 Å². The molecule has 0 fully saturated rings. The molecule has 0 aliphatic rings. The molecule has 0 saturated heterocycles. The van der Waals surface area contributed by atoms with E-state index in [1.165, 1.54) is 7.11 Å². The molecule has 0 aliphatic carbocycles. The summed E-state index contributed by atoms with van der Waals surface area (Å²) < 4.78 is 6.98. The lowest BCUT2D eigenvalue weighted by molar-refractivity contribution is 0.0600. The molecule has 0 bridgehead atoms. The Balaban J connectivity index is 1.70. The lowest BCUT2D eigenvalue weighted by atomic mass is 10.1. The van der Waals surface area contributed by atoms with Crippen LogP contribution in [0, 0.1) is 0 Å². The quantitative estimate of drug-likeness (QED) is 0.309. The monoisotopic (exact) mass is 402 g/mol. The van der Waals surface area contributed by atoms with Crippen LogP contribution in [0.15, 0.2) is 84.0 Å². The van der Waals surface area contributed by atoms with Crippen LogP contribution in [0.4, 0.5) is 5.69 Å². The summed E-state index contributed by atoms with van der Waals surface area (Å²) in [5.41, 5.74) is 4.39. The zero-order chi connectivity index (χ0) is 20.2. The number of fused-ring (bicyclic) bond motifs is 1. The van der Waals surface area contributed by atoms with Crippen LogP contribution in [-0.2, 0) is 11.3 Å². The van der Waals surface area contributed by atoms with Gasteiger partial charge in [0.2, 0.25) is 0 Å². The number of nitrogens with zero attached hydrogens (tertiary/aromatic N) is 2. The number of methoxy groups -OCH3 is 1. The predicted octanol–water partition coefficient (Wildman–Crippen LogP) is 5.88. The largest absolute Gasteiger partial charge is 0.465 e. The van der Waals surface area contributed by atoms with Gasteiger partial charge in [0.15, 0.2) is 0 Å². The zero-order valence-corrected chi connectivity index (χ0v) is 16.6. The second-order valence-corrected chi connectivity index (χ2v) is 7.04. The third-order valence-corrected chi connectivity index (χ3v) is 5.04. The van der Waals surface area contributed by atoms with Crippen molar-refractivity contribution in [3.05, 3.63) is 101 Å². The van der Waals surface area contributed by atoms with Crippen LogP contribution in [-0.4, -0.2) is 23.9 Å². The normalized spacial score (nSPS) is 11.2. The molecule has 29 heavy (non-hydrogen) atoms. The Hall–Kier alpha value is -3.37. The number of hydrogen-bond donors (Lipinski definition) is 0. The van der Waals surface area contributed by atoms with E-state index in [4.69, 9.17) is 16.3 Å². The molecule has 1 aromatic heterocycles. The maximum Gasteiger partial charge on any atom is 0.337 e. The van der Waals surface area contributed by atoms with Gasteiger partial charge in [0.25, 0.3) is 0 Å². The predicted molar refractivity (Wildman–Crippen MR) is 118 cm³/mol. The smallest absolute Gasteiger partial charge is 0.337 e. The second-order valence-electron chi connectivity index (χ2n) is 6.63. The van der Waals surface area contributed by atoms with Gasteiger partial charge in [-0.05, 0) is 35.9 Å². The van der Waals surface area contributed by atoms with E-state index >= 15 is 0 Å². The number of hydrogen-bond acceptors (Lipinski definition) is 3. The van der Waals surface area contributed by atoms with Crippen molar-refractivity contribution in [2.45, 2.75) is 6.54 Å².